The SMILES string of the molecule is O=C(NCc1ccccc1F)c1cc(Nc2ccccc2C(F)(F)F)ncn1. The number of para-hydroxylation sites is 1. The first-order chi connectivity index (χ1) is 13.3. The Balaban J connectivity index is 1.74. The monoisotopic (exact) mass is 390 g/mol. The fourth-order valence-electron chi connectivity index (χ4n) is 2.43. The number of nitrogens with one attached hydrogen (secondary N) is 2. The van der Waals surface area contributed by atoms with E-state index in [1.54, 1.807) is 6.07 Å². The Bertz CT molecular complexity index is 991. The number of halogens is 4. The van der Waals surface area contributed by atoms with E-state index in [0.29, 0.717) is 5.56 Å². The molecule has 0 aliphatic rings. The zero-order chi connectivity index (χ0) is 20.1. The van der Waals surface area contributed by atoms with Gasteiger partial charge in [-0.3, -0.25) is 4.79 Å². The van der Waals surface area contributed by atoms with Gasteiger partial charge < -0.3 is 10.6 Å². The van der Waals surface area contributed by atoms with E-state index in [2.05, 4.69) is 20.6 Å². The van der Waals surface area contributed by atoms with Crippen molar-refractivity contribution in [1.82, 2.24) is 15.3 Å². The third-order valence-corrected chi connectivity index (χ3v) is 3.79. The fraction of sp³-hybridized carbons (Fsp3) is 0.105. The van der Waals surface area contributed by atoms with Gasteiger partial charge in [-0.1, -0.05) is 30.3 Å². The van der Waals surface area contributed by atoms with Crippen molar-refractivity contribution in [1.29, 1.82) is 0 Å². The first-order valence-corrected chi connectivity index (χ1v) is 8.11. The predicted octanol–water partition coefficient (Wildman–Crippen LogP) is 4.31. The minimum Gasteiger partial charge on any atom is -0.347 e. The normalized spacial score (nSPS) is 11.1. The molecule has 0 aliphatic carbocycles. The highest BCUT2D eigenvalue weighted by Crippen LogP contribution is 2.35. The summed E-state index contributed by atoms with van der Waals surface area (Å²) in [4.78, 5) is 19.9. The Morgan fingerprint density at radius 2 is 1.71 bits per heavy atom. The molecule has 1 aromatic heterocycles. The Morgan fingerprint density at radius 1 is 1.00 bits per heavy atom. The molecule has 0 saturated heterocycles. The number of benzene rings is 2. The van der Waals surface area contributed by atoms with Gasteiger partial charge in [0.15, 0.2) is 0 Å². The summed E-state index contributed by atoms with van der Waals surface area (Å²) in [5.74, 6) is -1.06. The summed E-state index contributed by atoms with van der Waals surface area (Å²) in [6.45, 7) is -0.0603. The number of rotatable bonds is 5. The maximum atomic E-state index is 13.6. The van der Waals surface area contributed by atoms with Gasteiger partial charge in [-0.2, -0.15) is 13.2 Å². The first-order valence-electron chi connectivity index (χ1n) is 8.11. The number of amides is 1. The van der Waals surface area contributed by atoms with Gasteiger partial charge in [0.1, 0.15) is 23.7 Å². The van der Waals surface area contributed by atoms with Crippen molar-refractivity contribution in [3.8, 4) is 0 Å². The Hall–Kier alpha value is -3.49. The van der Waals surface area contributed by atoms with Crippen LogP contribution in [0.2, 0.25) is 0 Å². The summed E-state index contributed by atoms with van der Waals surface area (Å²) < 4.78 is 52.9. The molecule has 0 saturated carbocycles. The summed E-state index contributed by atoms with van der Waals surface area (Å²) >= 11 is 0. The zero-order valence-electron chi connectivity index (χ0n) is 14.3. The molecule has 2 N–H and O–H groups in total. The lowest BCUT2D eigenvalue weighted by atomic mass is 10.1. The minimum atomic E-state index is -4.55. The van der Waals surface area contributed by atoms with Gasteiger partial charge in [0, 0.05) is 18.2 Å². The van der Waals surface area contributed by atoms with Crippen LogP contribution in [-0.2, 0) is 12.7 Å². The van der Waals surface area contributed by atoms with Crippen LogP contribution in [0.15, 0.2) is 60.9 Å². The molecule has 144 valence electrons. The molecule has 0 fully saturated rings. The number of carbonyl (C=O) groups excluding carboxylic acids is 1. The molecule has 9 heteroatoms. The van der Waals surface area contributed by atoms with Crippen molar-refractivity contribution >= 4 is 17.4 Å². The Kier molecular flexibility index (Phi) is 5.53. The van der Waals surface area contributed by atoms with Gasteiger partial charge in [-0.05, 0) is 18.2 Å². The maximum Gasteiger partial charge on any atom is 0.418 e. The largest absolute Gasteiger partial charge is 0.418 e. The second-order valence-corrected chi connectivity index (χ2v) is 5.73. The number of alkyl halides is 3. The number of hydrogen-bond donors (Lipinski definition) is 2. The first kappa shape index (κ1) is 19.3. The van der Waals surface area contributed by atoms with Crippen LogP contribution in [0.1, 0.15) is 21.6 Å². The summed E-state index contributed by atoms with van der Waals surface area (Å²) in [6.07, 6.45) is -3.49. The van der Waals surface area contributed by atoms with Crippen molar-refractivity contribution in [3.05, 3.63) is 83.6 Å². The Labute approximate surface area is 157 Å². The van der Waals surface area contributed by atoms with E-state index < -0.39 is 23.5 Å². The average Bonchev–Trinajstić information content (AvgIpc) is 2.67. The van der Waals surface area contributed by atoms with Crippen LogP contribution in [0, 0.1) is 5.82 Å². The molecule has 3 aromatic rings. The molecular formula is C19H14F4N4O. The van der Waals surface area contributed by atoms with E-state index in [1.165, 1.54) is 42.5 Å². The lowest BCUT2D eigenvalue weighted by Gasteiger charge is -2.14. The van der Waals surface area contributed by atoms with Gasteiger partial charge >= 0.3 is 6.18 Å². The molecule has 0 unspecified atom stereocenters. The summed E-state index contributed by atoms with van der Waals surface area (Å²) in [5.41, 5.74) is -0.841. The maximum absolute atomic E-state index is 13.6. The highest BCUT2D eigenvalue weighted by Gasteiger charge is 2.33. The molecule has 0 spiro atoms. The smallest absolute Gasteiger partial charge is 0.347 e. The lowest BCUT2D eigenvalue weighted by molar-refractivity contribution is -0.136. The van der Waals surface area contributed by atoms with Gasteiger partial charge in [0.05, 0.1) is 11.3 Å². The summed E-state index contributed by atoms with van der Waals surface area (Å²) in [7, 11) is 0. The number of anilines is 2. The van der Waals surface area contributed by atoms with Crippen molar-refractivity contribution in [3.63, 3.8) is 0 Å². The molecular weight excluding hydrogens is 376 g/mol. The molecule has 5 nitrogen and oxygen atoms in total. The molecule has 0 atom stereocenters. The van der Waals surface area contributed by atoms with Crippen LogP contribution in [0.5, 0.6) is 0 Å². The molecule has 0 bridgehead atoms. The second-order valence-electron chi connectivity index (χ2n) is 5.73. The van der Waals surface area contributed by atoms with Crippen LogP contribution >= 0.6 is 0 Å². The van der Waals surface area contributed by atoms with Gasteiger partial charge in [-0.15, -0.1) is 0 Å². The number of aromatic nitrogens is 2. The fourth-order valence-corrected chi connectivity index (χ4v) is 2.43. The van der Waals surface area contributed by atoms with Crippen molar-refractivity contribution < 1.29 is 22.4 Å². The third kappa shape index (κ3) is 4.61. The molecule has 3 rings (SSSR count). The van der Waals surface area contributed by atoms with Gasteiger partial charge in [-0.25, -0.2) is 14.4 Å². The number of carbonyl (C=O) groups is 1. The van der Waals surface area contributed by atoms with Crippen molar-refractivity contribution in [2.45, 2.75) is 12.7 Å². The Morgan fingerprint density at radius 3 is 2.46 bits per heavy atom. The van der Waals surface area contributed by atoms with E-state index >= 15 is 0 Å². The summed E-state index contributed by atoms with van der Waals surface area (Å²) in [5, 5.41) is 5.05. The van der Waals surface area contributed by atoms with E-state index in [0.717, 1.165) is 12.4 Å². The number of hydrogen-bond acceptors (Lipinski definition) is 4. The van der Waals surface area contributed by atoms with Crippen LogP contribution < -0.4 is 10.6 Å². The highest BCUT2D eigenvalue weighted by atomic mass is 19.4. The predicted molar refractivity (Wildman–Crippen MR) is 94.3 cm³/mol. The topological polar surface area (TPSA) is 66.9 Å². The van der Waals surface area contributed by atoms with Crippen LogP contribution in [0.4, 0.5) is 29.1 Å². The lowest BCUT2D eigenvalue weighted by Crippen LogP contribution is -2.24. The zero-order valence-corrected chi connectivity index (χ0v) is 14.3. The van der Waals surface area contributed by atoms with E-state index in [9.17, 15) is 22.4 Å². The average molecular weight is 390 g/mol. The number of nitrogens with zero attached hydrogens (tertiary/aromatic N) is 2. The van der Waals surface area contributed by atoms with Crippen molar-refractivity contribution in [2.75, 3.05) is 5.32 Å². The minimum absolute atomic E-state index is 0.0164. The quantitative estimate of drug-likeness (QED) is 0.638. The highest BCUT2D eigenvalue weighted by molar-refractivity contribution is 5.92. The van der Waals surface area contributed by atoms with Crippen LogP contribution in [-0.4, -0.2) is 15.9 Å². The van der Waals surface area contributed by atoms with E-state index in [4.69, 9.17) is 0 Å². The van der Waals surface area contributed by atoms with Crippen LogP contribution in [0.25, 0.3) is 0 Å². The molecule has 0 radical (unpaired) electrons. The van der Waals surface area contributed by atoms with Gasteiger partial charge in [0.25, 0.3) is 5.91 Å². The second kappa shape index (κ2) is 8.03. The van der Waals surface area contributed by atoms with E-state index in [1.807, 2.05) is 0 Å². The molecule has 1 amide bonds. The molecule has 28 heavy (non-hydrogen) atoms. The standard InChI is InChI=1S/C19H14F4N4O/c20-14-7-3-1-5-12(14)10-24-18(28)16-9-17(26-11-25-16)27-15-8-4-2-6-13(15)19(21,22)23/h1-9,11H,10H2,(H,24,28)(H,25,26,27). The summed E-state index contributed by atoms with van der Waals surface area (Å²) in [6, 6.07) is 12.1. The van der Waals surface area contributed by atoms with Gasteiger partial charge in [0.2, 0.25) is 0 Å². The van der Waals surface area contributed by atoms with Crippen molar-refractivity contribution in [2.24, 2.45) is 0 Å². The third-order valence-electron chi connectivity index (χ3n) is 3.79. The molecule has 1 heterocycles. The molecule has 2 aromatic carbocycles. The van der Waals surface area contributed by atoms with Crippen LogP contribution in [0.3, 0.4) is 0 Å². The molecule has 0 aliphatic heterocycles. The van der Waals surface area contributed by atoms with E-state index in [-0.39, 0.29) is 23.7 Å².